The summed E-state index contributed by atoms with van der Waals surface area (Å²) in [4.78, 5) is 33.7. The first kappa shape index (κ1) is 18.6. The van der Waals surface area contributed by atoms with E-state index in [0.29, 0.717) is 19.7 Å². The highest BCUT2D eigenvalue weighted by Gasteiger charge is 2.34. The third-order valence-corrected chi connectivity index (χ3v) is 5.87. The highest BCUT2D eigenvalue weighted by atomic mass is 16.5. The van der Waals surface area contributed by atoms with Crippen LogP contribution < -0.4 is 0 Å². The molecule has 2 atom stereocenters. The van der Waals surface area contributed by atoms with E-state index in [4.69, 9.17) is 4.74 Å². The molecular weight excluding hydrogens is 320 g/mol. The molecule has 0 aromatic carbocycles. The van der Waals surface area contributed by atoms with Gasteiger partial charge in [-0.1, -0.05) is 6.92 Å². The quantitative estimate of drug-likeness (QED) is 0.705. The zero-order chi connectivity index (χ0) is 17.8. The second-order valence-electron chi connectivity index (χ2n) is 7.30. The van der Waals surface area contributed by atoms with E-state index in [1.807, 2.05) is 16.7 Å². The lowest BCUT2D eigenvalue weighted by Crippen LogP contribution is -2.58. The standard InChI is InChI=1S/C18H32N4O3/c1-3-19-6-8-21(9-7-19)17(23)15(2)20-10-12-22(13-11-20)18(24)16-5-4-14-25-16/h15-16H,3-14H2,1-2H3. The van der Waals surface area contributed by atoms with Gasteiger partial charge < -0.3 is 19.4 Å². The van der Waals surface area contributed by atoms with Crippen molar-refractivity contribution < 1.29 is 14.3 Å². The Hall–Kier alpha value is -1.18. The number of amides is 2. The normalized spacial score (nSPS) is 27.5. The topological polar surface area (TPSA) is 56.3 Å². The maximum atomic E-state index is 12.8. The first-order chi connectivity index (χ1) is 12.1. The van der Waals surface area contributed by atoms with Crippen molar-refractivity contribution in [3.63, 3.8) is 0 Å². The molecule has 7 nitrogen and oxygen atoms in total. The maximum absolute atomic E-state index is 12.8. The fraction of sp³-hybridized carbons (Fsp3) is 0.889. The molecule has 2 unspecified atom stereocenters. The molecule has 0 aliphatic carbocycles. The van der Waals surface area contributed by atoms with E-state index >= 15 is 0 Å². The first-order valence-electron chi connectivity index (χ1n) is 9.75. The van der Waals surface area contributed by atoms with Gasteiger partial charge in [-0.25, -0.2) is 0 Å². The molecule has 3 saturated heterocycles. The molecule has 3 rings (SSSR count). The number of rotatable bonds is 4. The monoisotopic (exact) mass is 352 g/mol. The second-order valence-corrected chi connectivity index (χ2v) is 7.30. The van der Waals surface area contributed by atoms with Gasteiger partial charge in [-0.2, -0.15) is 0 Å². The number of likely N-dealkylation sites (N-methyl/N-ethyl adjacent to an activating group) is 1. The van der Waals surface area contributed by atoms with Gasteiger partial charge in [-0.3, -0.25) is 14.5 Å². The molecule has 0 spiro atoms. The van der Waals surface area contributed by atoms with Crippen molar-refractivity contribution in [1.29, 1.82) is 0 Å². The van der Waals surface area contributed by atoms with Crippen molar-refractivity contribution >= 4 is 11.8 Å². The van der Waals surface area contributed by atoms with E-state index < -0.39 is 0 Å². The summed E-state index contributed by atoms with van der Waals surface area (Å²) in [6.07, 6.45) is 1.59. The number of nitrogens with zero attached hydrogens (tertiary/aromatic N) is 4. The SMILES string of the molecule is CCN1CCN(C(=O)C(C)N2CCN(C(=O)C3CCCO3)CC2)CC1. The molecule has 2 amide bonds. The predicted molar refractivity (Wildman–Crippen MR) is 95.3 cm³/mol. The summed E-state index contributed by atoms with van der Waals surface area (Å²) in [6.45, 7) is 12.4. The zero-order valence-corrected chi connectivity index (χ0v) is 15.7. The van der Waals surface area contributed by atoms with Gasteiger partial charge in [-0.05, 0) is 26.3 Å². The Kier molecular flexibility index (Phi) is 6.30. The number of ether oxygens (including phenoxy) is 1. The highest BCUT2D eigenvalue weighted by molar-refractivity contribution is 5.82. The predicted octanol–water partition coefficient (Wildman–Crippen LogP) is -0.138. The molecule has 0 saturated carbocycles. The van der Waals surface area contributed by atoms with Gasteiger partial charge in [0, 0.05) is 59.0 Å². The van der Waals surface area contributed by atoms with E-state index in [-0.39, 0.29) is 24.0 Å². The van der Waals surface area contributed by atoms with Gasteiger partial charge in [0.25, 0.3) is 5.91 Å². The number of carbonyl (C=O) groups excluding carboxylic acids is 2. The third-order valence-electron chi connectivity index (χ3n) is 5.87. The van der Waals surface area contributed by atoms with Crippen LogP contribution in [0.5, 0.6) is 0 Å². The van der Waals surface area contributed by atoms with Crippen LogP contribution >= 0.6 is 0 Å². The van der Waals surface area contributed by atoms with Gasteiger partial charge in [0.1, 0.15) is 6.10 Å². The van der Waals surface area contributed by atoms with E-state index in [9.17, 15) is 9.59 Å². The molecule has 3 aliphatic heterocycles. The summed E-state index contributed by atoms with van der Waals surface area (Å²) >= 11 is 0. The molecule has 25 heavy (non-hydrogen) atoms. The minimum atomic E-state index is -0.236. The molecule has 0 radical (unpaired) electrons. The van der Waals surface area contributed by atoms with Gasteiger partial charge >= 0.3 is 0 Å². The largest absolute Gasteiger partial charge is 0.368 e. The summed E-state index contributed by atoms with van der Waals surface area (Å²) in [7, 11) is 0. The van der Waals surface area contributed by atoms with Crippen LogP contribution in [0.1, 0.15) is 26.7 Å². The Morgan fingerprint density at radius 1 is 1.00 bits per heavy atom. The Balaban J connectivity index is 1.45. The maximum Gasteiger partial charge on any atom is 0.251 e. The molecule has 7 heteroatoms. The average molecular weight is 352 g/mol. The number of piperazine rings is 2. The summed E-state index contributed by atoms with van der Waals surface area (Å²) in [5, 5.41) is 0. The van der Waals surface area contributed by atoms with Crippen molar-refractivity contribution in [3.05, 3.63) is 0 Å². The highest BCUT2D eigenvalue weighted by Crippen LogP contribution is 2.17. The Labute approximate surface area is 150 Å². The van der Waals surface area contributed by atoms with Gasteiger partial charge in [0.2, 0.25) is 5.91 Å². The summed E-state index contributed by atoms with van der Waals surface area (Å²) in [5.74, 6) is 0.362. The fourth-order valence-corrected chi connectivity index (χ4v) is 4.01. The number of hydrogen-bond acceptors (Lipinski definition) is 5. The fourth-order valence-electron chi connectivity index (χ4n) is 4.01. The lowest BCUT2D eigenvalue weighted by atomic mass is 10.1. The molecule has 3 fully saturated rings. The van der Waals surface area contributed by atoms with E-state index in [1.54, 1.807) is 0 Å². The summed E-state index contributed by atoms with van der Waals surface area (Å²) in [5.41, 5.74) is 0. The van der Waals surface area contributed by atoms with Crippen LogP contribution in [-0.2, 0) is 14.3 Å². The summed E-state index contributed by atoms with van der Waals surface area (Å²) < 4.78 is 5.51. The van der Waals surface area contributed by atoms with Crippen LogP contribution in [0.3, 0.4) is 0 Å². The molecule has 0 aromatic heterocycles. The molecule has 3 heterocycles. The molecule has 142 valence electrons. The number of hydrogen-bond donors (Lipinski definition) is 0. The Morgan fingerprint density at radius 2 is 1.64 bits per heavy atom. The van der Waals surface area contributed by atoms with Crippen LogP contribution in [0.2, 0.25) is 0 Å². The number of carbonyl (C=O) groups is 2. The van der Waals surface area contributed by atoms with Crippen molar-refractivity contribution in [3.8, 4) is 0 Å². The zero-order valence-electron chi connectivity index (χ0n) is 15.7. The van der Waals surface area contributed by atoms with Crippen molar-refractivity contribution in [2.75, 3.05) is 65.5 Å². The minimum Gasteiger partial charge on any atom is -0.368 e. The summed E-state index contributed by atoms with van der Waals surface area (Å²) in [6, 6.07) is -0.104. The smallest absolute Gasteiger partial charge is 0.251 e. The van der Waals surface area contributed by atoms with E-state index in [1.165, 1.54) is 0 Å². The van der Waals surface area contributed by atoms with Crippen molar-refractivity contribution in [1.82, 2.24) is 19.6 Å². The van der Waals surface area contributed by atoms with Gasteiger partial charge in [0.15, 0.2) is 0 Å². The van der Waals surface area contributed by atoms with Gasteiger partial charge in [-0.15, -0.1) is 0 Å². The van der Waals surface area contributed by atoms with Crippen LogP contribution in [0, 0.1) is 0 Å². The van der Waals surface area contributed by atoms with Crippen LogP contribution in [0.4, 0.5) is 0 Å². The van der Waals surface area contributed by atoms with Crippen molar-refractivity contribution in [2.45, 2.75) is 38.8 Å². The molecule has 0 aromatic rings. The van der Waals surface area contributed by atoms with Crippen LogP contribution in [-0.4, -0.2) is 109 Å². The average Bonchev–Trinajstić information content (AvgIpc) is 3.21. The third kappa shape index (κ3) is 4.33. The molecule has 0 N–H and O–H groups in total. The molecule has 0 bridgehead atoms. The van der Waals surface area contributed by atoms with Gasteiger partial charge in [0.05, 0.1) is 6.04 Å². The Morgan fingerprint density at radius 3 is 2.20 bits per heavy atom. The van der Waals surface area contributed by atoms with Crippen LogP contribution in [0.15, 0.2) is 0 Å². The lowest BCUT2D eigenvalue weighted by Gasteiger charge is -2.41. The first-order valence-corrected chi connectivity index (χ1v) is 9.75. The minimum absolute atomic E-state index is 0.104. The lowest BCUT2D eigenvalue weighted by molar-refractivity contribution is -0.144. The van der Waals surface area contributed by atoms with Crippen LogP contribution in [0.25, 0.3) is 0 Å². The van der Waals surface area contributed by atoms with Crippen molar-refractivity contribution in [2.24, 2.45) is 0 Å². The van der Waals surface area contributed by atoms with E-state index in [0.717, 1.165) is 58.7 Å². The van der Waals surface area contributed by atoms with E-state index in [2.05, 4.69) is 16.7 Å². The molecule has 3 aliphatic rings. The Bertz CT molecular complexity index is 465. The second kappa shape index (κ2) is 8.47. The molecular formula is C18H32N4O3.